The maximum atomic E-state index is 11.8. The van der Waals surface area contributed by atoms with Crippen molar-refractivity contribution in [3.63, 3.8) is 0 Å². The van der Waals surface area contributed by atoms with Gasteiger partial charge in [0.15, 0.2) is 0 Å². The van der Waals surface area contributed by atoms with Crippen LogP contribution in [0, 0.1) is 0 Å². The second-order valence-corrected chi connectivity index (χ2v) is 7.23. The van der Waals surface area contributed by atoms with E-state index in [1.807, 2.05) is 0 Å². The minimum Gasteiger partial charge on any atom is -0.317 e. The summed E-state index contributed by atoms with van der Waals surface area (Å²) in [7, 11) is -3.18. The third-order valence-corrected chi connectivity index (χ3v) is 4.72. The van der Waals surface area contributed by atoms with Crippen molar-refractivity contribution in [1.82, 2.24) is 10.0 Å². The summed E-state index contributed by atoms with van der Waals surface area (Å²) < 4.78 is 25.6. The van der Waals surface area contributed by atoms with E-state index < -0.39 is 14.8 Å². The number of hydrogen-bond acceptors (Lipinski definition) is 3. The molecule has 2 N–H and O–H groups in total. The summed E-state index contributed by atoms with van der Waals surface area (Å²) in [5, 5.41) is 3.20. The fourth-order valence-electron chi connectivity index (χ4n) is 1.34. The van der Waals surface area contributed by atoms with E-state index >= 15 is 0 Å². The Kier molecular flexibility index (Phi) is 3.55. The molecule has 1 aliphatic heterocycles. The molecule has 1 saturated heterocycles. The highest BCUT2D eigenvalue weighted by atomic mass is 32.2. The Balaban J connectivity index is 2.58. The van der Waals surface area contributed by atoms with Crippen molar-refractivity contribution < 1.29 is 8.42 Å². The SMILES string of the molecule is CC(C)(C)S(=O)(=O)NC1CCNCC1. The summed E-state index contributed by atoms with van der Waals surface area (Å²) in [5.74, 6) is 0. The molecule has 0 aliphatic carbocycles. The van der Waals surface area contributed by atoms with Crippen LogP contribution in [0.25, 0.3) is 0 Å². The lowest BCUT2D eigenvalue weighted by atomic mass is 10.1. The average molecular weight is 220 g/mol. The van der Waals surface area contributed by atoms with Crippen LogP contribution in [0.4, 0.5) is 0 Å². The Morgan fingerprint density at radius 2 is 1.71 bits per heavy atom. The minimum atomic E-state index is -3.18. The highest BCUT2D eigenvalue weighted by Gasteiger charge is 2.31. The van der Waals surface area contributed by atoms with E-state index in [2.05, 4.69) is 10.0 Å². The number of nitrogens with one attached hydrogen (secondary N) is 2. The number of rotatable bonds is 2. The quantitative estimate of drug-likeness (QED) is 0.710. The lowest BCUT2D eigenvalue weighted by Crippen LogP contribution is -2.48. The Hall–Kier alpha value is -0.130. The van der Waals surface area contributed by atoms with Crippen LogP contribution in [0.1, 0.15) is 33.6 Å². The highest BCUT2D eigenvalue weighted by molar-refractivity contribution is 7.90. The standard InChI is InChI=1S/C9H20N2O2S/c1-9(2,3)14(12,13)11-8-4-6-10-7-5-8/h8,10-11H,4-7H2,1-3H3. The van der Waals surface area contributed by atoms with E-state index in [0.717, 1.165) is 25.9 Å². The van der Waals surface area contributed by atoms with Crippen LogP contribution in [0.3, 0.4) is 0 Å². The van der Waals surface area contributed by atoms with Gasteiger partial charge in [0.05, 0.1) is 4.75 Å². The molecule has 0 unspecified atom stereocenters. The topological polar surface area (TPSA) is 58.2 Å². The molecule has 5 heteroatoms. The fourth-order valence-corrected chi connectivity index (χ4v) is 2.36. The van der Waals surface area contributed by atoms with E-state index in [9.17, 15) is 8.42 Å². The van der Waals surface area contributed by atoms with Gasteiger partial charge in [0.25, 0.3) is 0 Å². The van der Waals surface area contributed by atoms with Gasteiger partial charge >= 0.3 is 0 Å². The summed E-state index contributed by atoms with van der Waals surface area (Å²) in [5.41, 5.74) is 0. The molecule has 0 aromatic rings. The summed E-state index contributed by atoms with van der Waals surface area (Å²) >= 11 is 0. The Morgan fingerprint density at radius 3 is 2.14 bits per heavy atom. The normalized spacial score (nSPS) is 21.1. The molecular weight excluding hydrogens is 200 g/mol. The molecule has 0 aromatic heterocycles. The first-order valence-corrected chi connectivity index (χ1v) is 6.54. The number of piperidine rings is 1. The van der Waals surface area contributed by atoms with Crippen LogP contribution >= 0.6 is 0 Å². The molecule has 0 amide bonds. The molecule has 0 radical (unpaired) electrons. The molecule has 1 aliphatic rings. The van der Waals surface area contributed by atoms with Crippen molar-refractivity contribution in [1.29, 1.82) is 0 Å². The van der Waals surface area contributed by atoms with Gasteiger partial charge in [0, 0.05) is 6.04 Å². The maximum absolute atomic E-state index is 11.8. The summed E-state index contributed by atoms with van der Waals surface area (Å²) in [6.07, 6.45) is 1.77. The first-order valence-electron chi connectivity index (χ1n) is 5.05. The van der Waals surface area contributed by atoms with E-state index in [-0.39, 0.29) is 6.04 Å². The Bertz CT molecular complexity index is 274. The van der Waals surface area contributed by atoms with E-state index in [1.165, 1.54) is 0 Å². The zero-order valence-corrected chi connectivity index (χ0v) is 9.95. The monoisotopic (exact) mass is 220 g/mol. The molecule has 1 fully saturated rings. The van der Waals surface area contributed by atoms with E-state index in [1.54, 1.807) is 20.8 Å². The summed E-state index contributed by atoms with van der Waals surface area (Å²) in [6, 6.07) is 0.112. The lowest BCUT2D eigenvalue weighted by Gasteiger charge is -2.27. The van der Waals surface area contributed by atoms with Gasteiger partial charge in [-0.2, -0.15) is 0 Å². The molecule has 1 rings (SSSR count). The average Bonchev–Trinajstić information content (AvgIpc) is 2.03. The highest BCUT2D eigenvalue weighted by Crippen LogP contribution is 2.15. The van der Waals surface area contributed by atoms with Crippen LogP contribution in [-0.4, -0.2) is 32.3 Å². The van der Waals surface area contributed by atoms with Crippen LogP contribution in [0.5, 0.6) is 0 Å². The van der Waals surface area contributed by atoms with Crippen molar-refractivity contribution in [3.8, 4) is 0 Å². The Labute approximate surface area is 86.5 Å². The second kappa shape index (κ2) is 4.16. The van der Waals surface area contributed by atoms with Gasteiger partial charge in [0.2, 0.25) is 10.0 Å². The van der Waals surface area contributed by atoms with Crippen LogP contribution in [0.2, 0.25) is 0 Å². The molecular formula is C9H20N2O2S. The lowest BCUT2D eigenvalue weighted by molar-refractivity contribution is 0.421. The van der Waals surface area contributed by atoms with E-state index in [0.29, 0.717) is 0 Å². The third kappa shape index (κ3) is 2.93. The predicted octanol–water partition coefficient (Wildman–Crippen LogP) is 0.456. The van der Waals surface area contributed by atoms with Gasteiger partial charge in [-0.15, -0.1) is 0 Å². The van der Waals surface area contributed by atoms with Crippen molar-refractivity contribution >= 4 is 10.0 Å². The molecule has 1 heterocycles. The molecule has 0 atom stereocenters. The molecule has 0 spiro atoms. The van der Waals surface area contributed by atoms with Crippen molar-refractivity contribution in [2.45, 2.75) is 44.4 Å². The van der Waals surface area contributed by atoms with Crippen LogP contribution in [0.15, 0.2) is 0 Å². The molecule has 14 heavy (non-hydrogen) atoms. The molecule has 0 saturated carbocycles. The van der Waals surface area contributed by atoms with Crippen molar-refractivity contribution in [3.05, 3.63) is 0 Å². The van der Waals surface area contributed by atoms with Crippen molar-refractivity contribution in [2.75, 3.05) is 13.1 Å². The van der Waals surface area contributed by atoms with Crippen molar-refractivity contribution in [2.24, 2.45) is 0 Å². The summed E-state index contributed by atoms with van der Waals surface area (Å²) in [4.78, 5) is 0. The van der Waals surface area contributed by atoms with Gasteiger partial charge < -0.3 is 5.32 Å². The van der Waals surface area contributed by atoms with Gasteiger partial charge in [-0.1, -0.05) is 0 Å². The van der Waals surface area contributed by atoms with Gasteiger partial charge in [-0.25, -0.2) is 13.1 Å². The summed E-state index contributed by atoms with van der Waals surface area (Å²) in [6.45, 7) is 6.96. The molecule has 0 bridgehead atoms. The number of sulfonamides is 1. The first-order chi connectivity index (χ1) is 6.33. The van der Waals surface area contributed by atoms with Crippen LogP contribution in [-0.2, 0) is 10.0 Å². The minimum absolute atomic E-state index is 0.112. The smallest absolute Gasteiger partial charge is 0.216 e. The zero-order valence-electron chi connectivity index (χ0n) is 9.13. The molecule has 0 aromatic carbocycles. The van der Waals surface area contributed by atoms with Crippen LogP contribution < -0.4 is 10.0 Å². The Morgan fingerprint density at radius 1 is 1.21 bits per heavy atom. The van der Waals surface area contributed by atoms with Gasteiger partial charge in [-0.05, 0) is 46.7 Å². The van der Waals surface area contributed by atoms with E-state index in [4.69, 9.17) is 0 Å². The van der Waals surface area contributed by atoms with Gasteiger partial charge in [0.1, 0.15) is 0 Å². The second-order valence-electron chi connectivity index (χ2n) is 4.76. The largest absolute Gasteiger partial charge is 0.317 e. The van der Waals surface area contributed by atoms with Gasteiger partial charge in [-0.3, -0.25) is 0 Å². The first kappa shape index (κ1) is 11.9. The third-order valence-electron chi connectivity index (χ3n) is 2.47. The number of hydrogen-bond donors (Lipinski definition) is 2. The zero-order chi connectivity index (χ0) is 10.8. The fraction of sp³-hybridized carbons (Fsp3) is 1.00. The predicted molar refractivity (Wildman–Crippen MR) is 57.7 cm³/mol. The molecule has 84 valence electrons. The maximum Gasteiger partial charge on any atom is 0.216 e. The molecule has 4 nitrogen and oxygen atoms in total.